The molecule has 0 fully saturated rings. The normalized spacial score (nSPS) is 14.0. The molecule has 22 heavy (non-hydrogen) atoms. The first kappa shape index (κ1) is 17.9. The molecule has 1 rings (SSSR count). The van der Waals surface area contributed by atoms with Gasteiger partial charge in [0.25, 0.3) is 0 Å². The highest BCUT2D eigenvalue weighted by Crippen LogP contribution is 2.34. The van der Waals surface area contributed by atoms with Crippen molar-refractivity contribution in [2.24, 2.45) is 0 Å². The van der Waals surface area contributed by atoms with Crippen molar-refractivity contribution < 1.29 is 23.5 Å². The number of methoxy groups -OCH3 is 1. The second-order valence-corrected chi connectivity index (χ2v) is 6.15. The van der Waals surface area contributed by atoms with E-state index in [1.54, 1.807) is 27.7 Å². The minimum absolute atomic E-state index is 0.185. The lowest BCUT2D eigenvalue weighted by Crippen LogP contribution is -2.48. The summed E-state index contributed by atoms with van der Waals surface area (Å²) in [5.41, 5.74) is -1.66. The van der Waals surface area contributed by atoms with E-state index in [4.69, 9.17) is 9.47 Å². The van der Waals surface area contributed by atoms with Crippen molar-refractivity contribution in [1.82, 2.24) is 4.90 Å². The van der Waals surface area contributed by atoms with Gasteiger partial charge in [-0.05, 0) is 39.8 Å². The van der Waals surface area contributed by atoms with E-state index in [9.17, 15) is 14.0 Å². The zero-order chi connectivity index (χ0) is 17.1. The number of nitrogens with zero attached hydrogens (tertiary/aromatic N) is 1. The average Bonchev–Trinajstić information content (AvgIpc) is 2.43. The van der Waals surface area contributed by atoms with Crippen LogP contribution in [0.15, 0.2) is 18.2 Å². The van der Waals surface area contributed by atoms with Crippen LogP contribution < -0.4 is 4.74 Å². The third kappa shape index (κ3) is 3.75. The number of carbonyl (C=O) groups excluding carboxylic acids is 2. The molecular weight excluding hydrogens is 289 g/mol. The molecule has 0 aliphatic rings. The Morgan fingerprint density at radius 1 is 1.27 bits per heavy atom. The Bertz CT molecular complexity index is 568. The minimum atomic E-state index is -1.35. The smallest absolute Gasteiger partial charge is 0.411 e. The van der Waals surface area contributed by atoms with Crippen molar-refractivity contribution in [3.05, 3.63) is 29.6 Å². The van der Waals surface area contributed by atoms with Crippen molar-refractivity contribution in [3.8, 4) is 5.75 Å². The summed E-state index contributed by atoms with van der Waals surface area (Å²) in [6.07, 6.45) is -0.0550. The number of halogens is 1. The monoisotopic (exact) mass is 311 g/mol. The topological polar surface area (TPSA) is 55.8 Å². The van der Waals surface area contributed by atoms with Crippen LogP contribution in [0, 0.1) is 5.82 Å². The molecule has 1 atom stereocenters. The Kier molecular flexibility index (Phi) is 5.17. The molecule has 0 radical (unpaired) electrons. The van der Waals surface area contributed by atoms with Gasteiger partial charge in [-0.15, -0.1) is 0 Å². The Hall–Kier alpha value is -2.11. The molecule has 1 unspecified atom stereocenters. The van der Waals surface area contributed by atoms with E-state index in [2.05, 4.69) is 0 Å². The van der Waals surface area contributed by atoms with E-state index in [-0.39, 0.29) is 5.75 Å². The Morgan fingerprint density at radius 2 is 1.86 bits per heavy atom. The predicted octanol–water partition coefficient (Wildman–Crippen LogP) is 3.12. The molecule has 1 amide bonds. The van der Waals surface area contributed by atoms with Crippen molar-refractivity contribution >= 4 is 12.4 Å². The number of carbonyl (C=O) groups is 2. The molecule has 0 N–H and O–H groups in total. The predicted molar refractivity (Wildman–Crippen MR) is 80.4 cm³/mol. The lowest BCUT2D eigenvalue weighted by Gasteiger charge is -2.36. The fourth-order valence-electron chi connectivity index (χ4n) is 1.93. The maximum absolute atomic E-state index is 13.3. The van der Waals surface area contributed by atoms with Crippen molar-refractivity contribution in [1.29, 1.82) is 0 Å². The van der Waals surface area contributed by atoms with Crippen LogP contribution in [0.2, 0.25) is 0 Å². The second kappa shape index (κ2) is 6.34. The largest absolute Gasteiger partial charge is 0.496 e. The van der Waals surface area contributed by atoms with Crippen molar-refractivity contribution in [2.75, 3.05) is 14.2 Å². The van der Waals surface area contributed by atoms with Gasteiger partial charge in [0.15, 0.2) is 0 Å². The van der Waals surface area contributed by atoms with E-state index >= 15 is 0 Å². The van der Waals surface area contributed by atoms with Gasteiger partial charge >= 0.3 is 6.09 Å². The van der Waals surface area contributed by atoms with Gasteiger partial charge < -0.3 is 14.3 Å². The van der Waals surface area contributed by atoms with E-state index in [1.807, 2.05) is 0 Å². The third-order valence-electron chi connectivity index (χ3n) is 3.30. The molecule has 1 aromatic rings. The van der Waals surface area contributed by atoms with Crippen LogP contribution in [-0.4, -0.2) is 37.0 Å². The number of hydrogen-bond donors (Lipinski definition) is 0. The van der Waals surface area contributed by atoms with Gasteiger partial charge in [0, 0.05) is 18.7 Å². The SMILES string of the molecule is COc1cc(F)ccc1C(C)(C=O)N(C)C(=O)OC(C)(C)C. The maximum Gasteiger partial charge on any atom is 0.411 e. The quantitative estimate of drug-likeness (QED) is 0.802. The molecule has 122 valence electrons. The summed E-state index contributed by atoms with van der Waals surface area (Å²) in [7, 11) is 2.82. The summed E-state index contributed by atoms with van der Waals surface area (Å²) in [6.45, 7) is 6.74. The number of aldehydes is 1. The number of rotatable bonds is 4. The van der Waals surface area contributed by atoms with E-state index in [0.717, 1.165) is 0 Å². The highest BCUT2D eigenvalue weighted by atomic mass is 19.1. The van der Waals surface area contributed by atoms with Gasteiger partial charge in [-0.25, -0.2) is 9.18 Å². The van der Waals surface area contributed by atoms with Crippen LogP contribution in [0.4, 0.5) is 9.18 Å². The molecular formula is C16H22FNO4. The Morgan fingerprint density at radius 3 is 2.32 bits per heavy atom. The van der Waals surface area contributed by atoms with E-state index < -0.39 is 23.1 Å². The number of hydrogen-bond acceptors (Lipinski definition) is 4. The van der Waals surface area contributed by atoms with Crippen LogP contribution >= 0.6 is 0 Å². The Labute approximate surface area is 130 Å². The lowest BCUT2D eigenvalue weighted by atomic mass is 9.91. The first-order valence-corrected chi connectivity index (χ1v) is 6.82. The first-order valence-electron chi connectivity index (χ1n) is 6.82. The highest BCUT2D eigenvalue weighted by molar-refractivity contribution is 5.78. The van der Waals surface area contributed by atoms with Gasteiger partial charge in [-0.1, -0.05) is 0 Å². The van der Waals surface area contributed by atoms with Crippen LogP contribution in [-0.2, 0) is 15.1 Å². The van der Waals surface area contributed by atoms with Gasteiger partial charge in [0.1, 0.15) is 29.0 Å². The molecule has 0 aromatic heterocycles. The molecule has 0 aliphatic heterocycles. The zero-order valence-electron chi connectivity index (χ0n) is 13.8. The summed E-state index contributed by atoms with van der Waals surface area (Å²) in [5.74, 6) is -0.307. The summed E-state index contributed by atoms with van der Waals surface area (Å²) >= 11 is 0. The second-order valence-electron chi connectivity index (χ2n) is 6.15. The maximum atomic E-state index is 13.3. The molecule has 1 aromatic carbocycles. The number of ether oxygens (including phenoxy) is 2. The van der Waals surface area contributed by atoms with Crippen LogP contribution in [0.25, 0.3) is 0 Å². The summed E-state index contributed by atoms with van der Waals surface area (Å²) in [6, 6.07) is 3.80. The third-order valence-corrected chi connectivity index (χ3v) is 3.30. The average molecular weight is 311 g/mol. The molecule has 0 saturated carbocycles. The number of benzene rings is 1. The molecule has 0 aliphatic carbocycles. The van der Waals surface area contributed by atoms with Crippen molar-refractivity contribution in [3.63, 3.8) is 0 Å². The fourth-order valence-corrected chi connectivity index (χ4v) is 1.93. The first-order chi connectivity index (χ1) is 10.0. The lowest BCUT2D eigenvalue weighted by molar-refractivity contribution is -0.117. The minimum Gasteiger partial charge on any atom is -0.496 e. The molecule has 6 heteroatoms. The molecule has 0 saturated heterocycles. The van der Waals surface area contributed by atoms with Crippen LogP contribution in [0.1, 0.15) is 33.3 Å². The summed E-state index contributed by atoms with van der Waals surface area (Å²) < 4.78 is 23.7. The zero-order valence-corrected chi connectivity index (χ0v) is 13.8. The summed E-state index contributed by atoms with van der Waals surface area (Å²) in [5, 5.41) is 0. The number of amides is 1. The number of likely N-dealkylation sites (N-methyl/N-ethyl adjacent to an activating group) is 1. The van der Waals surface area contributed by atoms with Gasteiger partial charge in [0.05, 0.1) is 7.11 Å². The van der Waals surface area contributed by atoms with E-state index in [0.29, 0.717) is 11.8 Å². The summed E-state index contributed by atoms with van der Waals surface area (Å²) in [4.78, 5) is 25.1. The Balaban J connectivity index is 3.26. The van der Waals surface area contributed by atoms with E-state index in [1.165, 1.54) is 37.3 Å². The van der Waals surface area contributed by atoms with Gasteiger partial charge in [-0.2, -0.15) is 0 Å². The highest BCUT2D eigenvalue weighted by Gasteiger charge is 2.39. The molecule has 5 nitrogen and oxygen atoms in total. The fraction of sp³-hybridized carbons (Fsp3) is 0.500. The molecule has 0 heterocycles. The van der Waals surface area contributed by atoms with Crippen LogP contribution in [0.5, 0.6) is 5.75 Å². The standard InChI is InChI=1S/C16H22FNO4/c1-15(2,3)22-14(20)18(5)16(4,10-19)12-8-7-11(17)9-13(12)21-6/h7-10H,1-6H3. The van der Waals surface area contributed by atoms with Crippen LogP contribution in [0.3, 0.4) is 0 Å². The molecule has 0 spiro atoms. The van der Waals surface area contributed by atoms with Gasteiger partial charge in [0.2, 0.25) is 0 Å². The molecule has 0 bridgehead atoms. The van der Waals surface area contributed by atoms with Gasteiger partial charge in [-0.3, -0.25) is 4.90 Å². The van der Waals surface area contributed by atoms with Crippen molar-refractivity contribution in [2.45, 2.75) is 38.8 Å².